The topological polar surface area (TPSA) is 77.5 Å². The Labute approximate surface area is 158 Å². The Morgan fingerprint density at radius 3 is 2.41 bits per heavy atom. The molecule has 4 heterocycles. The smallest absolute Gasteiger partial charge is 0.312 e. The lowest BCUT2D eigenvalue weighted by molar-refractivity contribution is -0.156. The summed E-state index contributed by atoms with van der Waals surface area (Å²) >= 11 is 0. The van der Waals surface area contributed by atoms with E-state index < -0.39 is 17.8 Å². The van der Waals surface area contributed by atoms with E-state index in [1.54, 1.807) is 6.92 Å². The molecule has 0 aromatic heterocycles. The quantitative estimate of drug-likeness (QED) is 0.671. The van der Waals surface area contributed by atoms with Gasteiger partial charge in [-0.25, -0.2) is 0 Å². The molecule has 0 saturated carbocycles. The lowest BCUT2D eigenvalue weighted by Crippen LogP contribution is -2.52. The molecule has 148 valence electrons. The summed E-state index contributed by atoms with van der Waals surface area (Å²) in [6, 6.07) is 0. The summed E-state index contributed by atoms with van der Waals surface area (Å²) in [6.45, 7) is 8.33. The van der Waals surface area contributed by atoms with Gasteiger partial charge < -0.3 is 28.7 Å². The van der Waals surface area contributed by atoms with Gasteiger partial charge in [0, 0.05) is 26.2 Å². The average Bonchev–Trinajstić information content (AvgIpc) is 3.34. The molecule has 3 saturated heterocycles. The number of piperazine rings is 1. The van der Waals surface area contributed by atoms with E-state index in [1.165, 1.54) is 0 Å². The molecule has 1 amide bonds. The van der Waals surface area contributed by atoms with Crippen molar-refractivity contribution >= 4 is 11.9 Å². The SMILES string of the molecule is C=C1OC(C)=C(COC(=O)C2C3CCC(O3)C2C(=O)N2CCN(C)CC2)O1. The summed E-state index contributed by atoms with van der Waals surface area (Å²) in [4.78, 5) is 30.0. The molecule has 27 heavy (non-hydrogen) atoms. The van der Waals surface area contributed by atoms with E-state index in [4.69, 9.17) is 18.9 Å². The monoisotopic (exact) mass is 378 g/mol. The van der Waals surface area contributed by atoms with Gasteiger partial charge in [-0.3, -0.25) is 9.59 Å². The molecule has 0 aromatic carbocycles. The first-order valence-corrected chi connectivity index (χ1v) is 9.48. The van der Waals surface area contributed by atoms with E-state index in [2.05, 4.69) is 11.5 Å². The number of amides is 1. The number of allylic oxidation sites excluding steroid dienone is 1. The first kappa shape index (κ1) is 18.3. The number of carbonyl (C=O) groups excluding carboxylic acids is 2. The van der Waals surface area contributed by atoms with Gasteiger partial charge in [0.1, 0.15) is 5.76 Å². The van der Waals surface area contributed by atoms with Crippen molar-refractivity contribution in [1.29, 1.82) is 0 Å². The minimum absolute atomic E-state index is 0.0153. The molecule has 2 bridgehead atoms. The highest BCUT2D eigenvalue weighted by atomic mass is 16.7. The number of carbonyl (C=O) groups is 2. The molecule has 0 aromatic rings. The van der Waals surface area contributed by atoms with Crippen LogP contribution >= 0.6 is 0 Å². The van der Waals surface area contributed by atoms with Crippen LogP contribution < -0.4 is 0 Å². The third-order valence-corrected chi connectivity index (χ3v) is 5.89. The van der Waals surface area contributed by atoms with Crippen LogP contribution in [0.5, 0.6) is 0 Å². The van der Waals surface area contributed by atoms with Crippen LogP contribution in [0.15, 0.2) is 24.0 Å². The van der Waals surface area contributed by atoms with E-state index in [0.717, 1.165) is 25.9 Å². The van der Waals surface area contributed by atoms with Gasteiger partial charge in [-0.05, 0) is 33.4 Å². The molecule has 0 spiro atoms. The average molecular weight is 378 g/mol. The molecule has 8 heteroatoms. The minimum Gasteiger partial charge on any atom is -0.457 e. The second kappa shape index (κ2) is 7.16. The van der Waals surface area contributed by atoms with Gasteiger partial charge in [-0.1, -0.05) is 0 Å². The van der Waals surface area contributed by atoms with Crippen molar-refractivity contribution < 1.29 is 28.5 Å². The first-order valence-electron chi connectivity index (χ1n) is 9.48. The van der Waals surface area contributed by atoms with E-state index in [0.29, 0.717) is 24.6 Å². The number of esters is 1. The zero-order chi connectivity index (χ0) is 19.1. The summed E-state index contributed by atoms with van der Waals surface area (Å²) < 4.78 is 21.9. The number of fused-ring (bicyclic) bond motifs is 2. The predicted molar refractivity (Wildman–Crippen MR) is 93.9 cm³/mol. The van der Waals surface area contributed by atoms with E-state index in [9.17, 15) is 9.59 Å². The number of hydrogen-bond donors (Lipinski definition) is 0. The van der Waals surface area contributed by atoms with Gasteiger partial charge >= 0.3 is 5.97 Å². The second-order valence-electron chi connectivity index (χ2n) is 7.63. The molecule has 4 atom stereocenters. The van der Waals surface area contributed by atoms with Crippen molar-refractivity contribution in [3.8, 4) is 0 Å². The Morgan fingerprint density at radius 2 is 1.78 bits per heavy atom. The fraction of sp³-hybridized carbons (Fsp3) is 0.684. The largest absolute Gasteiger partial charge is 0.457 e. The van der Waals surface area contributed by atoms with Crippen molar-refractivity contribution in [3.63, 3.8) is 0 Å². The maximum Gasteiger partial charge on any atom is 0.312 e. The maximum atomic E-state index is 13.1. The molecule has 3 fully saturated rings. The van der Waals surface area contributed by atoms with E-state index in [-0.39, 0.29) is 30.7 Å². The van der Waals surface area contributed by atoms with Gasteiger partial charge in [0.2, 0.25) is 5.91 Å². The molecule has 0 aliphatic carbocycles. The highest BCUT2D eigenvalue weighted by molar-refractivity contribution is 5.87. The van der Waals surface area contributed by atoms with Gasteiger partial charge in [-0.15, -0.1) is 0 Å². The molecule has 0 N–H and O–H groups in total. The lowest BCUT2D eigenvalue weighted by atomic mass is 9.78. The normalized spacial score (nSPS) is 33.3. The fourth-order valence-electron chi connectivity index (χ4n) is 4.35. The molecule has 4 aliphatic rings. The zero-order valence-electron chi connectivity index (χ0n) is 15.8. The van der Waals surface area contributed by atoms with E-state index >= 15 is 0 Å². The summed E-state index contributed by atoms with van der Waals surface area (Å²) in [5, 5.41) is 0. The first-order chi connectivity index (χ1) is 12.9. The Balaban J connectivity index is 1.42. The van der Waals surface area contributed by atoms with Crippen LogP contribution in [0.4, 0.5) is 0 Å². The molecule has 4 unspecified atom stereocenters. The van der Waals surface area contributed by atoms with Crippen LogP contribution in [-0.2, 0) is 28.5 Å². The maximum absolute atomic E-state index is 13.1. The Hall–Kier alpha value is -2.06. The summed E-state index contributed by atoms with van der Waals surface area (Å²) in [5.41, 5.74) is 0. The van der Waals surface area contributed by atoms with Gasteiger partial charge in [0.05, 0.1) is 24.0 Å². The summed E-state index contributed by atoms with van der Waals surface area (Å²) in [7, 11) is 2.04. The molecule has 0 radical (unpaired) electrons. The zero-order valence-corrected chi connectivity index (χ0v) is 15.8. The molecular formula is C19H26N2O6. The number of nitrogens with zero attached hydrogens (tertiary/aromatic N) is 2. The van der Waals surface area contributed by atoms with Gasteiger partial charge in [-0.2, -0.15) is 0 Å². The number of hydrogen-bond acceptors (Lipinski definition) is 7. The second-order valence-corrected chi connectivity index (χ2v) is 7.63. The van der Waals surface area contributed by atoms with Crippen molar-refractivity contribution in [2.24, 2.45) is 11.8 Å². The number of ether oxygens (including phenoxy) is 4. The molecule has 8 nitrogen and oxygen atoms in total. The number of likely N-dealkylation sites (N-methyl/N-ethyl adjacent to an activating group) is 1. The van der Waals surface area contributed by atoms with Crippen molar-refractivity contribution in [1.82, 2.24) is 9.80 Å². The summed E-state index contributed by atoms with van der Waals surface area (Å²) in [5.74, 6) is -0.267. The summed E-state index contributed by atoms with van der Waals surface area (Å²) in [6.07, 6.45) is 1.18. The van der Waals surface area contributed by atoms with Crippen molar-refractivity contribution in [2.75, 3.05) is 39.8 Å². The van der Waals surface area contributed by atoms with Crippen molar-refractivity contribution in [2.45, 2.75) is 32.0 Å². The van der Waals surface area contributed by atoms with Gasteiger partial charge in [0.15, 0.2) is 12.4 Å². The van der Waals surface area contributed by atoms with Crippen molar-refractivity contribution in [3.05, 3.63) is 24.0 Å². The van der Waals surface area contributed by atoms with Gasteiger partial charge in [0.25, 0.3) is 5.95 Å². The highest BCUT2D eigenvalue weighted by Gasteiger charge is 2.57. The molecule has 4 aliphatic heterocycles. The Morgan fingerprint density at radius 1 is 1.11 bits per heavy atom. The van der Waals surface area contributed by atoms with Crippen LogP contribution in [0, 0.1) is 11.8 Å². The third kappa shape index (κ3) is 3.43. The minimum atomic E-state index is -0.553. The third-order valence-electron chi connectivity index (χ3n) is 5.89. The molecule has 4 rings (SSSR count). The highest BCUT2D eigenvalue weighted by Crippen LogP contribution is 2.45. The van der Waals surface area contributed by atoms with E-state index in [1.807, 2.05) is 11.9 Å². The Kier molecular flexibility index (Phi) is 4.86. The molecular weight excluding hydrogens is 352 g/mol. The van der Waals surface area contributed by atoms with Crippen LogP contribution in [0.25, 0.3) is 0 Å². The van der Waals surface area contributed by atoms with Crippen LogP contribution in [-0.4, -0.2) is 73.7 Å². The number of rotatable bonds is 4. The predicted octanol–water partition coefficient (Wildman–Crippen LogP) is 0.847. The standard InChI is InChI=1S/C19H26N2O6/c1-11-15(26-12(2)25-11)10-24-19(23)17-14-5-4-13(27-14)16(17)18(22)21-8-6-20(3)7-9-21/h13-14,16-17H,2,4-10H2,1,3H3. The fourth-order valence-corrected chi connectivity index (χ4v) is 4.35. The van der Waals surface area contributed by atoms with Crippen LogP contribution in [0.3, 0.4) is 0 Å². The van der Waals surface area contributed by atoms with Crippen LogP contribution in [0.1, 0.15) is 19.8 Å². The lowest BCUT2D eigenvalue weighted by Gasteiger charge is -2.36. The van der Waals surface area contributed by atoms with Crippen LogP contribution in [0.2, 0.25) is 0 Å². The Bertz CT molecular complexity index is 682.